The molecule has 0 aliphatic carbocycles. The van der Waals surface area contributed by atoms with Gasteiger partial charge in [0.2, 0.25) is 5.78 Å². The largest absolute Gasteiger partial charge is 0.487 e. The number of halogens is 1. The van der Waals surface area contributed by atoms with Gasteiger partial charge in [0.25, 0.3) is 0 Å². The second-order valence-corrected chi connectivity index (χ2v) is 5.16. The molecule has 0 spiro atoms. The molecule has 1 aliphatic heterocycles. The maximum Gasteiger partial charge on any atom is 0.229 e. The topological polar surface area (TPSA) is 59.7 Å². The summed E-state index contributed by atoms with van der Waals surface area (Å²) in [7, 11) is 0. The third-order valence-corrected chi connectivity index (χ3v) is 3.93. The van der Waals surface area contributed by atoms with E-state index in [1.165, 1.54) is 6.26 Å². The monoisotopic (exact) mass is 292 g/mol. The molecule has 0 fully saturated rings. The highest BCUT2D eigenvalue weighted by molar-refractivity contribution is 6.35. The van der Waals surface area contributed by atoms with Crippen LogP contribution >= 0.6 is 11.6 Å². The summed E-state index contributed by atoms with van der Waals surface area (Å²) >= 11 is 6.27. The SMILES string of the molecule is Cc1c(Cl)c(C(=O)c2ccco2)cc2c1OC(CO)C2. The van der Waals surface area contributed by atoms with Crippen molar-refractivity contribution in [2.45, 2.75) is 19.4 Å². The van der Waals surface area contributed by atoms with E-state index in [9.17, 15) is 9.90 Å². The first-order valence-electron chi connectivity index (χ1n) is 6.29. The molecule has 0 amide bonds. The van der Waals surface area contributed by atoms with E-state index in [2.05, 4.69) is 0 Å². The molecule has 1 aromatic heterocycles. The Morgan fingerprint density at radius 3 is 3.00 bits per heavy atom. The van der Waals surface area contributed by atoms with Crippen LogP contribution in [0.3, 0.4) is 0 Å². The van der Waals surface area contributed by atoms with Gasteiger partial charge in [0.05, 0.1) is 17.9 Å². The molecule has 4 nitrogen and oxygen atoms in total. The molecular formula is C15H13ClO4. The van der Waals surface area contributed by atoms with Crippen LogP contribution in [0.4, 0.5) is 0 Å². The quantitative estimate of drug-likeness (QED) is 0.884. The molecule has 1 aromatic carbocycles. The Morgan fingerprint density at radius 1 is 1.55 bits per heavy atom. The maximum absolute atomic E-state index is 12.4. The number of hydrogen-bond acceptors (Lipinski definition) is 4. The summed E-state index contributed by atoms with van der Waals surface area (Å²) in [5.41, 5.74) is 2.01. The fourth-order valence-electron chi connectivity index (χ4n) is 2.42. The fraction of sp³-hybridized carbons (Fsp3) is 0.267. The summed E-state index contributed by atoms with van der Waals surface area (Å²) in [6, 6.07) is 4.99. The minimum absolute atomic E-state index is 0.0623. The molecule has 5 heteroatoms. The van der Waals surface area contributed by atoms with Crippen LogP contribution in [0, 0.1) is 6.92 Å². The summed E-state index contributed by atoms with van der Waals surface area (Å²) in [6.45, 7) is 1.74. The van der Waals surface area contributed by atoms with E-state index in [0.717, 1.165) is 11.1 Å². The van der Waals surface area contributed by atoms with E-state index < -0.39 is 0 Å². The van der Waals surface area contributed by atoms with Gasteiger partial charge in [0.1, 0.15) is 11.9 Å². The van der Waals surface area contributed by atoms with Crippen LogP contribution in [-0.4, -0.2) is 23.6 Å². The third-order valence-electron chi connectivity index (χ3n) is 3.44. The first kappa shape index (κ1) is 13.2. The molecule has 3 rings (SSSR count). The van der Waals surface area contributed by atoms with Gasteiger partial charge in [-0.1, -0.05) is 11.6 Å². The Morgan fingerprint density at radius 2 is 2.35 bits per heavy atom. The second-order valence-electron chi connectivity index (χ2n) is 4.78. The Labute approximate surface area is 120 Å². The van der Waals surface area contributed by atoms with Crippen molar-refractivity contribution in [3.8, 4) is 5.75 Å². The summed E-state index contributed by atoms with van der Waals surface area (Å²) in [6.07, 6.45) is 1.75. The van der Waals surface area contributed by atoms with E-state index in [1.54, 1.807) is 25.1 Å². The lowest BCUT2D eigenvalue weighted by Crippen LogP contribution is -2.17. The molecule has 2 heterocycles. The van der Waals surface area contributed by atoms with Gasteiger partial charge in [-0.05, 0) is 30.7 Å². The van der Waals surface area contributed by atoms with Crippen molar-refractivity contribution in [1.29, 1.82) is 0 Å². The number of carbonyl (C=O) groups is 1. The Kier molecular flexibility index (Phi) is 3.28. The summed E-state index contributed by atoms with van der Waals surface area (Å²) in [5, 5.41) is 9.55. The lowest BCUT2D eigenvalue weighted by Gasteiger charge is -2.11. The molecule has 1 N–H and O–H groups in total. The predicted octanol–water partition coefficient (Wildman–Crippen LogP) is 2.77. The Bertz CT molecular complexity index is 661. The highest BCUT2D eigenvalue weighted by Crippen LogP contribution is 2.39. The number of hydrogen-bond donors (Lipinski definition) is 1. The standard InChI is InChI=1S/C15H13ClO4/c1-8-13(16)11(14(18)12-3-2-4-19-12)6-9-5-10(7-17)20-15(8)9/h2-4,6,10,17H,5,7H2,1H3. The summed E-state index contributed by atoms with van der Waals surface area (Å²) in [5.74, 6) is 0.673. The maximum atomic E-state index is 12.4. The smallest absolute Gasteiger partial charge is 0.229 e. The molecule has 0 radical (unpaired) electrons. The Balaban J connectivity index is 2.07. The highest BCUT2D eigenvalue weighted by Gasteiger charge is 2.28. The number of furan rings is 1. The van der Waals surface area contributed by atoms with Gasteiger partial charge in [-0.2, -0.15) is 0 Å². The van der Waals surface area contributed by atoms with Crippen LogP contribution in [0.2, 0.25) is 5.02 Å². The number of rotatable bonds is 3. The van der Waals surface area contributed by atoms with Crippen LogP contribution < -0.4 is 4.74 Å². The molecule has 0 saturated heterocycles. The molecule has 1 atom stereocenters. The number of benzene rings is 1. The van der Waals surface area contributed by atoms with E-state index >= 15 is 0 Å². The van der Waals surface area contributed by atoms with Gasteiger partial charge in [-0.3, -0.25) is 4.79 Å². The van der Waals surface area contributed by atoms with Crippen LogP contribution in [0.1, 0.15) is 27.2 Å². The summed E-state index contributed by atoms with van der Waals surface area (Å²) in [4.78, 5) is 12.4. The van der Waals surface area contributed by atoms with Crippen LogP contribution in [0.5, 0.6) is 5.75 Å². The van der Waals surface area contributed by atoms with E-state index in [1.807, 2.05) is 0 Å². The minimum atomic E-state index is -0.270. The second kappa shape index (κ2) is 4.96. The number of aliphatic hydroxyl groups is 1. The number of ketones is 1. The zero-order chi connectivity index (χ0) is 14.3. The predicted molar refractivity (Wildman–Crippen MR) is 73.5 cm³/mol. The van der Waals surface area contributed by atoms with Crippen molar-refractivity contribution in [2.75, 3.05) is 6.61 Å². The van der Waals surface area contributed by atoms with Gasteiger partial charge in [-0.25, -0.2) is 0 Å². The van der Waals surface area contributed by atoms with Gasteiger partial charge >= 0.3 is 0 Å². The lowest BCUT2D eigenvalue weighted by atomic mass is 9.99. The molecule has 104 valence electrons. The molecule has 20 heavy (non-hydrogen) atoms. The van der Waals surface area contributed by atoms with Crippen LogP contribution in [-0.2, 0) is 6.42 Å². The van der Waals surface area contributed by atoms with Crippen molar-refractivity contribution in [2.24, 2.45) is 0 Å². The first-order valence-corrected chi connectivity index (χ1v) is 6.67. The molecular weight excluding hydrogens is 280 g/mol. The Hall–Kier alpha value is -1.78. The number of fused-ring (bicyclic) bond motifs is 1. The van der Waals surface area contributed by atoms with Gasteiger partial charge in [-0.15, -0.1) is 0 Å². The number of carbonyl (C=O) groups excluding carboxylic acids is 1. The van der Waals surface area contributed by atoms with Crippen molar-refractivity contribution in [1.82, 2.24) is 0 Å². The molecule has 0 saturated carbocycles. The number of ether oxygens (including phenoxy) is 1. The van der Waals surface area contributed by atoms with Crippen molar-refractivity contribution in [3.05, 3.63) is 51.9 Å². The van der Waals surface area contributed by atoms with Gasteiger partial charge in [0.15, 0.2) is 5.76 Å². The zero-order valence-electron chi connectivity index (χ0n) is 10.9. The van der Waals surface area contributed by atoms with E-state index in [-0.39, 0.29) is 24.3 Å². The molecule has 1 aliphatic rings. The van der Waals surface area contributed by atoms with Crippen molar-refractivity contribution >= 4 is 17.4 Å². The highest BCUT2D eigenvalue weighted by atomic mass is 35.5. The average Bonchev–Trinajstić information content (AvgIpc) is 3.10. The molecule has 0 bridgehead atoms. The molecule has 1 unspecified atom stereocenters. The van der Waals surface area contributed by atoms with Gasteiger partial charge < -0.3 is 14.3 Å². The van der Waals surface area contributed by atoms with Crippen molar-refractivity contribution in [3.63, 3.8) is 0 Å². The average molecular weight is 293 g/mol. The zero-order valence-corrected chi connectivity index (χ0v) is 11.6. The summed E-state index contributed by atoms with van der Waals surface area (Å²) < 4.78 is 10.8. The third kappa shape index (κ3) is 2.01. The lowest BCUT2D eigenvalue weighted by molar-refractivity contribution is 0.101. The van der Waals surface area contributed by atoms with Gasteiger partial charge in [0, 0.05) is 17.5 Å². The van der Waals surface area contributed by atoms with Crippen LogP contribution in [0.15, 0.2) is 28.9 Å². The first-order chi connectivity index (χ1) is 9.61. The fourth-order valence-corrected chi connectivity index (χ4v) is 2.65. The van der Waals surface area contributed by atoms with Crippen molar-refractivity contribution < 1.29 is 19.1 Å². The van der Waals surface area contributed by atoms with Crippen LogP contribution in [0.25, 0.3) is 0 Å². The van der Waals surface area contributed by atoms with E-state index in [0.29, 0.717) is 22.8 Å². The number of aliphatic hydroxyl groups excluding tert-OH is 1. The normalized spacial score (nSPS) is 16.9. The minimum Gasteiger partial charge on any atom is -0.487 e. The van der Waals surface area contributed by atoms with E-state index in [4.69, 9.17) is 20.8 Å². The molecule has 2 aromatic rings.